The maximum Gasteiger partial charge on any atom is 0.325 e. The maximum absolute atomic E-state index is 11.9. The fourth-order valence-electron chi connectivity index (χ4n) is 1.62. The second kappa shape index (κ2) is 5.82. The molecular formula is C13H16N2O5S. The van der Waals surface area contributed by atoms with Gasteiger partial charge in [-0.1, -0.05) is 0 Å². The summed E-state index contributed by atoms with van der Waals surface area (Å²) in [4.78, 5) is 22.5. The average Bonchev–Trinajstić information content (AvgIpc) is 3.22. The monoisotopic (exact) mass is 312 g/mol. The predicted molar refractivity (Wildman–Crippen MR) is 74.3 cm³/mol. The number of aliphatic carboxylic acids is 1. The van der Waals surface area contributed by atoms with Crippen molar-refractivity contribution in [3.05, 3.63) is 29.8 Å². The van der Waals surface area contributed by atoms with Crippen molar-refractivity contribution in [1.82, 2.24) is 10.0 Å². The number of hydrogen-bond donors (Lipinski definition) is 3. The van der Waals surface area contributed by atoms with Crippen molar-refractivity contribution < 1.29 is 23.1 Å². The number of rotatable bonds is 6. The van der Waals surface area contributed by atoms with Gasteiger partial charge in [0.15, 0.2) is 0 Å². The summed E-state index contributed by atoms with van der Waals surface area (Å²) in [6, 6.07) is 4.35. The van der Waals surface area contributed by atoms with Gasteiger partial charge in [-0.15, -0.1) is 0 Å². The van der Waals surface area contributed by atoms with Gasteiger partial charge in [-0.05, 0) is 44.0 Å². The first-order chi connectivity index (χ1) is 9.79. The van der Waals surface area contributed by atoms with Crippen LogP contribution in [-0.4, -0.2) is 37.5 Å². The van der Waals surface area contributed by atoms with E-state index in [1.54, 1.807) is 0 Å². The molecule has 1 atom stereocenters. The molecule has 1 saturated carbocycles. The molecule has 0 aliphatic heterocycles. The Bertz CT molecular complexity index is 650. The number of hydrogen-bond acceptors (Lipinski definition) is 4. The SMILES string of the molecule is C[C@H](NC(=O)c1ccc(S(=O)(=O)NC2CC2)cc1)C(=O)O. The zero-order chi connectivity index (χ0) is 15.6. The molecule has 1 fully saturated rings. The molecule has 0 radical (unpaired) electrons. The van der Waals surface area contributed by atoms with Gasteiger partial charge < -0.3 is 10.4 Å². The van der Waals surface area contributed by atoms with E-state index in [2.05, 4.69) is 10.0 Å². The Balaban J connectivity index is 2.07. The van der Waals surface area contributed by atoms with Crippen molar-refractivity contribution in [3.8, 4) is 0 Å². The number of carbonyl (C=O) groups excluding carboxylic acids is 1. The second-order valence-corrected chi connectivity index (χ2v) is 6.67. The van der Waals surface area contributed by atoms with Gasteiger partial charge in [-0.2, -0.15) is 0 Å². The van der Waals surface area contributed by atoms with Gasteiger partial charge in [0.2, 0.25) is 10.0 Å². The van der Waals surface area contributed by atoms with Gasteiger partial charge in [0.05, 0.1) is 4.90 Å². The van der Waals surface area contributed by atoms with Crippen LogP contribution < -0.4 is 10.0 Å². The van der Waals surface area contributed by atoms with Crippen LogP contribution in [0.2, 0.25) is 0 Å². The molecule has 0 bridgehead atoms. The molecular weight excluding hydrogens is 296 g/mol. The standard InChI is InChI=1S/C13H16N2O5S/c1-8(13(17)18)14-12(16)9-2-6-11(7-3-9)21(19,20)15-10-4-5-10/h2-3,6-8,10,15H,4-5H2,1H3,(H,14,16)(H,17,18)/t8-/m0/s1. The normalized spacial score (nSPS) is 16.2. The molecule has 0 heterocycles. The molecule has 3 N–H and O–H groups in total. The fourth-order valence-corrected chi connectivity index (χ4v) is 2.92. The Hall–Kier alpha value is -1.93. The lowest BCUT2D eigenvalue weighted by molar-refractivity contribution is -0.138. The lowest BCUT2D eigenvalue weighted by Gasteiger charge is -2.10. The molecule has 2 rings (SSSR count). The van der Waals surface area contributed by atoms with Crippen LogP contribution in [0, 0.1) is 0 Å². The van der Waals surface area contributed by atoms with E-state index in [1.165, 1.54) is 31.2 Å². The molecule has 0 aromatic heterocycles. The van der Waals surface area contributed by atoms with Crippen molar-refractivity contribution in [2.24, 2.45) is 0 Å². The van der Waals surface area contributed by atoms with Crippen LogP contribution in [-0.2, 0) is 14.8 Å². The summed E-state index contributed by atoms with van der Waals surface area (Å²) in [7, 11) is -3.55. The molecule has 1 amide bonds. The first-order valence-corrected chi connectivity index (χ1v) is 7.94. The van der Waals surface area contributed by atoms with Gasteiger partial charge in [0.25, 0.3) is 5.91 Å². The van der Waals surface area contributed by atoms with Crippen LogP contribution in [0.15, 0.2) is 29.2 Å². The molecule has 1 aromatic carbocycles. The van der Waals surface area contributed by atoms with Crippen LogP contribution in [0.5, 0.6) is 0 Å². The van der Waals surface area contributed by atoms with E-state index in [1.807, 2.05) is 0 Å². The van der Waals surface area contributed by atoms with Crippen LogP contribution in [0.25, 0.3) is 0 Å². The fraction of sp³-hybridized carbons (Fsp3) is 0.385. The Kier molecular flexibility index (Phi) is 4.29. The number of carboxylic acids is 1. The van der Waals surface area contributed by atoms with E-state index >= 15 is 0 Å². The molecule has 114 valence electrons. The molecule has 1 aromatic rings. The number of nitrogens with one attached hydrogen (secondary N) is 2. The third-order valence-corrected chi connectivity index (χ3v) is 4.58. The number of benzene rings is 1. The number of carbonyl (C=O) groups is 2. The quantitative estimate of drug-likeness (QED) is 0.700. The van der Waals surface area contributed by atoms with Gasteiger partial charge in [-0.25, -0.2) is 13.1 Å². The van der Waals surface area contributed by atoms with Gasteiger partial charge in [-0.3, -0.25) is 9.59 Å². The third-order valence-electron chi connectivity index (χ3n) is 3.04. The lowest BCUT2D eigenvalue weighted by Crippen LogP contribution is -2.38. The summed E-state index contributed by atoms with van der Waals surface area (Å²) in [5, 5.41) is 11.0. The van der Waals surface area contributed by atoms with E-state index in [0.29, 0.717) is 0 Å². The van der Waals surface area contributed by atoms with Crippen LogP contribution >= 0.6 is 0 Å². The highest BCUT2D eigenvalue weighted by Crippen LogP contribution is 2.22. The van der Waals surface area contributed by atoms with E-state index in [9.17, 15) is 18.0 Å². The average molecular weight is 312 g/mol. The van der Waals surface area contributed by atoms with Crippen molar-refractivity contribution in [3.63, 3.8) is 0 Å². The second-order valence-electron chi connectivity index (χ2n) is 4.95. The Morgan fingerprint density at radius 3 is 2.29 bits per heavy atom. The zero-order valence-electron chi connectivity index (χ0n) is 11.4. The maximum atomic E-state index is 11.9. The molecule has 0 spiro atoms. The highest BCUT2D eigenvalue weighted by atomic mass is 32.2. The largest absolute Gasteiger partial charge is 0.480 e. The smallest absolute Gasteiger partial charge is 0.325 e. The Morgan fingerprint density at radius 2 is 1.81 bits per heavy atom. The van der Waals surface area contributed by atoms with Crippen LogP contribution in [0.3, 0.4) is 0 Å². The lowest BCUT2D eigenvalue weighted by atomic mass is 10.2. The van der Waals surface area contributed by atoms with Gasteiger partial charge >= 0.3 is 5.97 Å². The van der Waals surface area contributed by atoms with Gasteiger partial charge in [0.1, 0.15) is 6.04 Å². The molecule has 21 heavy (non-hydrogen) atoms. The van der Waals surface area contributed by atoms with E-state index in [-0.39, 0.29) is 16.5 Å². The van der Waals surface area contributed by atoms with Crippen LogP contribution in [0.4, 0.5) is 0 Å². The summed E-state index contributed by atoms with van der Waals surface area (Å²) in [6.45, 7) is 1.35. The third kappa shape index (κ3) is 4.02. The van der Waals surface area contributed by atoms with E-state index in [0.717, 1.165) is 12.8 Å². The van der Waals surface area contributed by atoms with Crippen molar-refractivity contribution in [1.29, 1.82) is 0 Å². The summed E-state index contributed by atoms with van der Waals surface area (Å²) in [6.07, 6.45) is 1.68. The molecule has 1 aliphatic carbocycles. The summed E-state index contributed by atoms with van der Waals surface area (Å²) in [5.41, 5.74) is 0.202. The van der Waals surface area contributed by atoms with Gasteiger partial charge in [0, 0.05) is 11.6 Å². The van der Waals surface area contributed by atoms with Crippen LogP contribution in [0.1, 0.15) is 30.1 Å². The highest BCUT2D eigenvalue weighted by Gasteiger charge is 2.28. The van der Waals surface area contributed by atoms with Crippen molar-refractivity contribution in [2.45, 2.75) is 36.7 Å². The first-order valence-electron chi connectivity index (χ1n) is 6.45. The van der Waals surface area contributed by atoms with Crippen molar-refractivity contribution in [2.75, 3.05) is 0 Å². The number of carboxylic acid groups (broad SMARTS) is 1. The Morgan fingerprint density at radius 1 is 1.24 bits per heavy atom. The molecule has 8 heteroatoms. The molecule has 0 saturated heterocycles. The van der Waals surface area contributed by atoms with E-state index in [4.69, 9.17) is 5.11 Å². The topological polar surface area (TPSA) is 113 Å². The minimum absolute atomic E-state index is 0.00870. The summed E-state index contributed by atoms with van der Waals surface area (Å²) < 4.78 is 26.4. The van der Waals surface area contributed by atoms with E-state index < -0.39 is 27.9 Å². The minimum atomic E-state index is -3.55. The van der Waals surface area contributed by atoms with Crippen molar-refractivity contribution >= 4 is 21.9 Å². The zero-order valence-corrected chi connectivity index (χ0v) is 12.2. The highest BCUT2D eigenvalue weighted by molar-refractivity contribution is 7.89. The Labute approximate surface area is 122 Å². The minimum Gasteiger partial charge on any atom is -0.480 e. The summed E-state index contributed by atoms with van der Waals surface area (Å²) >= 11 is 0. The number of sulfonamides is 1. The molecule has 7 nitrogen and oxygen atoms in total. The molecule has 0 unspecified atom stereocenters. The predicted octanol–water partition coefficient (Wildman–Crippen LogP) is 0.330. The first kappa shape index (κ1) is 15.5. The summed E-state index contributed by atoms with van der Waals surface area (Å²) in [5.74, 6) is -1.71. The molecule has 1 aliphatic rings. The number of amides is 1.